The fraction of sp³-hybridized carbons (Fsp3) is 0.857. The first kappa shape index (κ1) is 11.5. The van der Waals surface area contributed by atoms with E-state index in [1.165, 1.54) is 6.42 Å². The minimum atomic E-state index is -1.83. The maximum absolute atomic E-state index is 9.05. The summed E-state index contributed by atoms with van der Waals surface area (Å²) in [6.07, 6.45) is 2.15. The van der Waals surface area contributed by atoms with Crippen LogP contribution in [0.4, 0.5) is 4.79 Å². The predicted octanol–water partition coefficient (Wildman–Crippen LogP) is 1.75. The van der Waals surface area contributed by atoms with Crippen molar-refractivity contribution in [3.8, 4) is 0 Å². The number of hydrogen-bond donors (Lipinski definition) is 3. The van der Waals surface area contributed by atoms with Crippen LogP contribution in [0.2, 0.25) is 0 Å². The molecule has 1 fully saturated rings. The van der Waals surface area contributed by atoms with Crippen molar-refractivity contribution in [1.82, 2.24) is 0 Å². The van der Waals surface area contributed by atoms with Gasteiger partial charge in [-0.1, -0.05) is 12.8 Å². The summed E-state index contributed by atoms with van der Waals surface area (Å²) in [5.41, 5.74) is 0. The molecule has 1 aliphatic carbocycles. The van der Waals surface area contributed by atoms with Gasteiger partial charge >= 0.3 is 6.16 Å². The smallest absolute Gasteiger partial charge is 0.450 e. The largest absolute Gasteiger partial charge is 0.503 e. The molecule has 0 bridgehead atoms. The van der Waals surface area contributed by atoms with Crippen LogP contribution in [0.1, 0.15) is 25.7 Å². The SMILES string of the molecule is O=C(O)O.O[C@H]1CCCC[C@@H]1Cl. The van der Waals surface area contributed by atoms with Crippen LogP contribution >= 0.6 is 11.6 Å². The Morgan fingerprint density at radius 3 is 1.92 bits per heavy atom. The molecule has 0 saturated heterocycles. The van der Waals surface area contributed by atoms with Gasteiger partial charge in [-0.2, -0.15) is 0 Å². The number of rotatable bonds is 0. The fourth-order valence-electron chi connectivity index (χ4n) is 1.07. The lowest BCUT2D eigenvalue weighted by molar-refractivity contribution is 0.134. The Kier molecular flexibility index (Phi) is 5.84. The summed E-state index contributed by atoms with van der Waals surface area (Å²) in [7, 11) is 0. The second-order valence-electron chi connectivity index (χ2n) is 2.65. The molecular weight excluding hydrogens is 184 g/mol. The van der Waals surface area contributed by atoms with E-state index in [4.69, 9.17) is 31.7 Å². The van der Waals surface area contributed by atoms with Gasteiger partial charge in [-0.3, -0.25) is 0 Å². The van der Waals surface area contributed by atoms with Gasteiger partial charge in [-0.15, -0.1) is 11.6 Å². The molecule has 1 rings (SSSR count). The summed E-state index contributed by atoms with van der Waals surface area (Å²) in [4.78, 5) is 8.56. The molecule has 4 nitrogen and oxygen atoms in total. The average molecular weight is 197 g/mol. The van der Waals surface area contributed by atoms with E-state index in [-0.39, 0.29) is 11.5 Å². The van der Waals surface area contributed by atoms with E-state index < -0.39 is 6.16 Å². The molecule has 0 radical (unpaired) electrons. The second-order valence-corrected chi connectivity index (χ2v) is 3.21. The number of alkyl halides is 1. The van der Waals surface area contributed by atoms with E-state index >= 15 is 0 Å². The Bertz CT molecular complexity index is 125. The molecule has 0 heterocycles. The van der Waals surface area contributed by atoms with Gasteiger partial charge in [0.15, 0.2) is 0 Å². The summed E-state index contributed by atoms with van der Waals surface area (Å²) >= 11 is 5.72. The molecule has 0 aliphatic heterocycles. The van der Waals surface area contributed by atoms with E-state index in [9.17, 15) is 0 Å². The Hall–Kier alpha value is -0.480. The van der Waals surface area contributed by atoms with Gasteiger partial charge in [0.25, 0.3) is 0 Å². The van der Waals surface area contributed by atoms with Gasteiger partial charge in [-0.05, 0) is 12.8 Å². The number of carbonyl (C=O) groups is 1. The van der Waals surface area contributed by atoms with Crippen molar-refractivity contribution < 1.29 is 20.1 Å². The molecule has 0 aromatic heterocycles. The summed E-state index contributed by atoms with van der Waals surface area (Å²) < 4.78 is 0. The zero-order valence-corrected chi connectivity index (χ0v) is 7.37. The topological polar surface area (TPSA) is 77.8 Å². The quantitative estimate of drug-likeness (QED) is 0.516. The lowest BCUT2D eigenvalue weighted by atomic mass is 9.98. The molecule has 0 amide bonds. The van der Waals surface area contributed by atoms with E-state index in [1.54, 1.807) is 0 Å². The molecule has 72 valence electrons. The zero-order chi connectivity index (χ0) is 9.56. The van der Waals surface area contributed by atoms with Gasteiger partial charge in [0.05, 0.1) is 11.5 Å². The van der Waals surface area contributed by atoms with Gasteiger partial charge in [0.1, 0.15) is 0 Å². The van der Waals surface area contributed by atoms with E-state index in [0.717, 1.165) is 19.3 Å². The molecule has 5 heteroatoms. The molecule has 1 saturated carbocycles. The van der Waals surface area contributed by atoms with Gasteiger partial charge in [0, 0.05) is 0 Å². The van der Waals surface area contributed by atoms with Crippen LogP contribution in [0.25, 0.3) is 0 Å². The highest BCUT2D eigenvalue weighted by atomic mass is 35.5. The van der Waals surface area contributed by atoms with Crippen molar-refractivity contribution in [1.29, 1.82) is 0 Å². The normalized spacial score (nSPS) is 28.5. The van der Waals surface area contributed by atoms with Crippen LogP contribution in [0.15, 0.2) is 0 Å². The molecule has 0 unspecified atom stereocenters. The summed E-state index contributed by atoms with van der Waals surface area (Å²) in [5, 5.41) is 23.0. The predicted molar refractivity (Wildman–Crippen MR) is 44.8 cm³/mol. The van der Waals surface area contributed by atoms with Gasteiger partial charge < -0.3 is 15.3 Å². The maximum Gasteiger partial charge on any atom is 0.503 e. The number of hydrogen-bond acceptors (Lipinski definition) is 2. The van der Waals surface area contributed by atoms with Crippen molar-refractivity contribution in [2.75, 3.05) is 0 Å². The highest BCUT2D eigenvalue weighted by Crippen LogP contribution is 2.22. The lowest BCUT2D eigenvalue weighted by Crippen LogP contribution is -2.24. The Morgan fingerprint density at radius 2 is 1.67 bits per heavy atom. The first-order chi connectivity index (χ1) is 5.54. The number of aliphatic hydroxyl groups excluding tert-OH is 1. The molecule has 12 heavy (non-hydrogen) atoms. The first-order valence-electron chi connectivity index (χ1n) is 3.78. The third-order valence-electron chi connectivity index (χ3n) is 1.65. The van der Waals surface area contributed by atoms with Gasteiger partial charge in [0.2, 0.25) is 0 Å². The highest BCUT2D eigenvalue weighted by molar-refractivity contribution is 6.21. The molecule has 2 atom stereocenters. The van der Waals surface area contributed by atoms with Crippen LogP contribution in [0, 0.1) is 0 Å². The molecule has 3 N–H and O–H groups in total. The van der Waals surface area contributed by atoms with E-state index in [0.29, 0.717) is 0 Å². The number of carboxylic acid groups (broad SMARTS) is 2. The third kappa shape index (κ3) is 6.24. The van der Waals surface area contributed by atoms with Crippen LogP contribution in [0.3, 0.4) is 0 Å². The molecule has 1 aliphatic rings. The lowest BCUT2D eigenvalue weighted by Gasteiger charge is -2.21. The van der Waals surface area contributed by atoms with Crippen LogP contribution < -0.4 is 0 Å². The number of aliphatic hydroxyl groups is 1. The third-order valence-corrected chi connectivity index (χ3v) is 2.16. The van der Waals surface area contributed by atoms with Crippen LogP contribution in [-0.4, -0.2) is 33.0 Å². The van der Waals surface area contributed by atoms with Crippen LogP contribution in [-0.2, 0) is 0 Å². The molecule has 0 spiro atoms. The van der Waals surface area contributed by atoms with Crippen molar-refractivity contribution >= 4 is 17.8 Å². The van der Waals surface area contributed by atoms with Crippen LogP contribution in [0.5, 0.6) is 0 Å². The minimum Gasteiger partial charge on any atom is -0.450 e. The Morgan fingerprint density at radius 1 is 1.25 bits per heavy atom. The molecule has 0 aromatic rings. The molecule has 0 aromatic carbocycles. The number of halogens is 1. The van der Waals surface area contributed by atoms with Crippen molar-refractivity contribution in [2.24, 2.45) is 0 Å². The van der Waals surface area contributed by atoms with E-state index in [2.05, 4.69) is 0 Å². The van der Waals surface area contributed by atoms with Crippen molar-refractivity contribution in [3.05, 3.63) is 0 Å². The van der Waals surface area contributed by atoms with Gasteiger partial charge in [-0.25, -0.2) is 4.79 Å². The van der Waals surface area contributed by atoms with Crippen molar-refractivity contribution in [3.63, 3.8) is 0 Å². The maximum atomic E-state index is 9.05. The summed E-state index contributed by atoms with van der Waals surface area (Å²) in [6.45, 7) is 0. The Balaban J connectivity index is 0.000000261. The van der Waals surface area contributed by atoms with Crippen molar-refractivity contribution in [2.45, 2.75) is 37.2 Å². The summed E-state index contributed by atoms with van der Waals surface area (Å²) in [5.74, 6) is 0. The van der Waals surface area contributed by atoms with E-state index in [1.807, 2.05) is 0 Å². The summed E-state index contributed by atoms with van der Waals surface area (Å²) in [6, 6.07) is 0. The average Bonchev–Trinajstić information content (AvgIpc) is 1.94. The zero-order valence-electron chi connectivity index (χ0n) is 6.61. The molecular formula is C7H13ClO4. The second kappa shape index (κ2) is 6.08. The first-order valence-corrected chi connectivity index (χ1v) is 4.21. The standard InChI is InChI=1S/C6H11ClO.CH2O3/c7-5-3-1-2-4-6(5)8;2-1(3)4/h5-6,8H,1-4H2;(H2,2,3,4)/t5-,6-;/m0./s1. The monoisotopic (exact) mass is 196 g/mol. The fourth-order valence-corrected chi connectivity index (χ4v) is 1.35. The minimum absolute atomic E-state index is 0.0312. The Labute approximate surface area is 75.8 Å². The highest BCUT2D eigenvalue weighted by Gasteiger charge is 2.19.